The molecule has 4 amide bonds. The number of ether oxygens (including phenoxy) is 1. The van der Waals surface area contributed by atoms with E-state index in [2.05, 4.69) is 20.5 Å². The first-order valence-electron chi connectivity index (χ1n) is 23.7. The Morgan fingerprint density at radius 2 is 1.75 bits per heavy atom. The summed E-state index contributed by atoms with van der Waals surface area (Å²) < 4.78 is 111. The molecule has 5 aliphatic rings. The van der Waals surface area contributed by atoms with Crippen LogP contribution in [0, 0.1) is 35.0 Å². The summed E-state index contributed by atoms with van der Waals surface area (Å²) >= 11 is 6.24. The number of piperazine rings is 1. The number of halogens is 3. The molecule has 1 unspecified atom stereocenters. The summed E-state index contributed by atoms with van der Waals surface area (Å²) in [6, 6.07) is 7.02. The lowest BCUT2D eigenvalue weighted by molar-refractivity contribution is -0.164. The summed E-state index contributed by atoms with van der Waals surface area (Å²) in [5.74, 6) is -5.21. The summed E-state index contributed by atoms with van der Waals surface area (Å²) in [5, 5.41) is 5.50. The van der Waals surface area contributed by atoms with Crippen LogP contribution in [0.25, 0.3) is 4.85 Å². The second-order valence-electron chi connectivity index (χ2n) is 16.9. The maximum absolute atomic E-state index is 16.6. The molecule has 1 atom stereocenters. The van der Waals surface area contributed by atoms with Gasteiger partial charge in [0.15, 0.2) is 5.82 Å². The van der Waals surface area contributed by atoms with Crippen molar-refractivity contribution in [1.82, 2.24) is 25.4 Å². The van der Waals surface area contributed by atoms with Crippen molar-refractivity contribution in [3.8, 4) is 5.75 Å². The Balaban J connectivity index is 0.920. The van der Waals surface area contributed by atoms with E-state index in [0.717, 1.165) is 4.90 Å². The molecule has 13 nitrogen and oxygen atoms in total. The molecule has 4 aliphatic heterocycles. The van der Waals surface area contributed by atoms with Gasteiger partial charge in [0.1, 0.15) is 29.5 Å². The Morgan fingerprint density at radius 1 is 1.03 bits per heavy atom. The molecule has 1 aromatic heterocycles. The number of imide groups is 1. The lowest BCUT2D eigenvalue weighted by Crippen LogP contribution is -2.74. The van der Waals surface area contributed by atoms with Crippen LogP contribution in [0.5, 0.6) is 5.75 Å². The predicted molar refractivity (Wildman–Crippen MR) is 221 cm³/mol. The van der Waals surface area contributed by atoms with Crippen LogP contribution in [0.1, 0.15) is 90.6 Å². The highest BCUT2D eigenvalue weighted by Crippen LogP contribution is 2.56. The van der Waals surface area contributed by atoms with Crippen LogP contribution >= 0.6 is 11.6 Å². The molecule has 0 bridgehead atoms. The number of fused-ring (bicyclic) bond motifs is 1. The Hall–Kier alpha value is -5.33. The van der Waals surface area contributed by atoms with Gasteiger partial charge < -0.3 is 24.8 Å². The molecule has 1 aliphatic carbocycles. The van der Waals surface area contributed by atoms with Crippen LogP contribution in [0.4, 0.5) is 26.0 Å². The minimum Gasteiger partial charge on any atom is -0.489 e. The summed E-state index contributed by atoms with van der Waals surface area (Å²) in [5.41, 5.74) is -2.96. The zero-order chi connectivity index (χ0) is 49.8. The molecule has 4 fully saturated rings. The molecule has 16 heteroatoms. The Labute approximate surface area is 364 Å². The van der Waals surface area contributed by atoms with E-state index in [9.17, 15) is 19.2 Å². The Kier molecular flexibility index (Phi) is 8.61. The van der Waals surface area contributed by atoms with Crippen molar-refractivity contribution < 1.29 is 43.7 Å². The molecule has 3 aromatic rings. The SMILES string of the molecule is [2H]C1([2H])N(CC2CCN(c3ccc(C(=O)NC4C(C)(C)C(Oc5ccc([N+]#[C-])c(Cl)c5)C4(C)C)cn3)CC2)C([2H])([2H])C([2H])([2H])N(c2cc(F)c3c(c2F)CN(C2CCC(=O)NC2=O)C3=O)C1([2H])[2H]. The molecule has 0 radical (unpaired) electrons. The van der Waals surface area contributed by atoms with Crippen LogP contribution in [0.15, 0.2) is 42.6 Å². The lowest BCUT2D eigenvalue weighted by atomic mass is 9.49. The fraction of sp³-hybridized carbons (Fsp3) is 0.500. The Bertz CT molecular complexity index is 2600. The number of benzene rings is 2. The zero-order valence-electron chi connectivity index (χ0n) is 41.4. The van der Waals surface area contributed by atoms with Gasteiger partial charge in [0.2, 0.25) is 17.5 Å². The van der Waals surface area contributed by atoms with E-state index in [0.29, 0.717) is 59.7 Å². The van der Waals surface area contributed by atoms with Gasteiger partial charge in [-0.2, -0.15) is 0 Å². The number of amides is 4. The van der Waals surface area contributed by atoms with Gasteiger partial charge in [-0.25, -0.2) is 18.6 Å². The maximum Gasteiger partial charge on any atom is 0.258 e. The van der Waals surface area contributed by atoms with Crippen LogP contribution in [0.2, 0.25) is 5.02 Å². The number of anilines is 2. The predicted octanol–water partition coefficient (Wildman–Crippen LogP) is 5.98. The largest absolute Gasteiger partial charge is 0.489 e. The van der Waals surface area contributed by atoms with Gasteiger partial charge in [-0.1, -0.05) is 45.4 Å². The number of pyridine rings is 1. The monoisotopic (exact) mass is 850 g/mol. The quantitative estimate of drug-likeness (QED) is 0.198. The summed E-state index contributed by atoms with van der Waals surface area (Å²) in [7, 11) is 0. The van der Waals surface area contributed by atoms with Crippen molar-refractivity contribution in [3.63, 3.8) is 0 Å². The van der Waals surface area contributed by atoms with Gasteiger partial charge in [-0.15, -0.1) is 0 Å². The van der Waals surface area contributed by atoms with E-state index in [4.69, 9.17) is 33.9 Å². The molecule has 2 N–H and O–H groups in total. The van der Waals surface area contributed by atoms with Gasteiger partial charge in [0.25, 0.3) is 11.8 Å². The van der Waals surface area contributed by atoms with E-state index in [1.54, 1.807) is 30.3 Å². The first-order chi connectivity index (χ1) is 31.6. The third kappa shape index (κ3) is 7.53. The highest BCUT2D eigenvalue weighted by molar-refractivity contribution is 6.33. The van der Waals surface area contributed by atoms with Crippen LogP contribution in [-0.2, 0) is 16.1 Å². The third-order valence-electron chi connectivity index (χ3n) is 12.3. The van der Waals surface area contributed by atoms with Crippen LogP contribution < -0.4 is 25.2 Å². The topological polar surface area (TPSA) is 132 Å². The number of carbonyl (C=O) groups is 4. The molecule has 60 heavy (non-hydrogen) atoms. The lowest BCUT2D eigenvalue weighted by Gasteiger charge is -2.63. The fourth-order valence-electron chi connectivity index (χ4n) is 9.42. The van der Waals surface area contributed by atoms with Crippen molar-refractivity contribution >= 4 is 52.4 Å². The van der Waals surface area contributed by atoms with Gasteiger partial charge in [-0.3, -0.25) is 29.4 Å². The van der Waals surface area contributed by atoms with Gasteiger partial charge in [0.05, 0.1) is 40.4 Å². The van der Waals surface area contributed by atoms with Crippen molar-refractivity contribution in [3.05, 3.63) is 87.4 Å². The smallest absolute Gasteiger partial charge is 0.258 e. The minimum absolute atomic E-state index is 0.0810. The second-order valence-corrected chi connectivity index (χ2v) is 17.4. The van der Waals surface area contributed by atoms with E-state index in [-0.39, 0.29) is 40.8 Å². The highest BCUT2D eigenvalue weighted by atomic mass is 35.5. The van der Waals surface area contributed by atoms with E-state index >= 15 is 8.78 Å². The van der Waals surface area contributed by atoms with Crippen molar-refractivity contribution in [2.24, 2.45) is 16.7 Å². The molecule has 3 saturated heterocycles. The molecular formula is C44H49ClF2N8O5. The minimum atomic E-state index is -3.55. The van der Waals surface area contributed by atoms with Gasteiger partial charge >= 0.3 is 0 Å². The number of carbonyl (C=O) groups excluding carboxylic acids is 4. The molecule has 316 valence electrons. The molecule has 2 aromatic carbocycles. The summed E-state index contributed by atoms with van der Waals surface area (Å²) in [4.78, 5) is 62.2. The zero-order valence-corrected chi connectivity index (χ0v) is 34.1. The molecule has 8 rings (SSSR count). The number of nitrogens with one attached hydrogen (secondary N) is 2. The number of rotatable bonds is 9. The molecular weight excluding hydrogens is 794 g/mol. The van der Waals surface area contributed by atoms with Crippen molar-refractivity contribution in [2.45, 2.75) is 78.1 Å². The van der Waals surface area contributed by atoms with Crippen LogP contribution in [0.3, 0.4) is 0 Å². The average Bonchev–Trinajstić information content (AvgIpc) is 3.61. The number of hydrogen-bond acceptors (Lipinski definition) is 9. The summed E-state index contributed by atoms with van der Waals surface area (Å²) in [6.45, 7) is 0.953. The van der Waals surface area contributed by atoms with Crippen LogP contribution in [-0.4, -0.2) is 102 Å². The van der Waals surface area contributed by atoms with Crippen molar-refractivity contribution in [1.29, 1.82) is 0 Å². The molecule has 1 saturated carbocycles. The third-order valence-corrected chi connectivity index (χ3v) is 12.6. The Morgan fingerprint density at radius 3 is 2.38 bits per heavy atom. The van der Waals surface area contributed by atoms with Gasteiger partial charge in [0, 0.05) is 92.2 Å². The normalized spacial score (nSPS) is 29.4. The van der Waals surface area contributed by atoms with Crippen molar-refractivity contribution in [2.75, 3.05) is 55.4 Å². The first-order valence-corrected chi connectivity index (χ1v) is 20.1. The average molecular weight is 851 g/mol. The fourth-order valence-corrected chi connectivity index (χ4v) is 9.64. The number of hydrogen-bond donors (Lipinski definition) is 2. The number of nitrogens with zero attached hydrogens (tertiary/aromatic N) is 6. The molecule has 5 heterocycles. The van der Waals surface area contributed by atoms with E-state index in [1.165, 1.54) is 6.20 Å². The summed E-state index contributed by atoms with van der Waals surface area (Å²) in [6.07, 6.45) is 1.54. The van der Waals surface area contributed by atoms with E-state index < -0.39 is 108 Å². The molecule has 0 spiro atoms. The van der Waals surface area contributed by atoms with Gasteiger partial charge in [-0.05, 0) is 49.4 Å². The second kappa shape index (κ2) is 15.9. The first kappa shape index (κ1) is 32.4. The van der Waals surface area contributed by atoms with E-state index in [1.807, 2.05) is 32.6 Å². The maximum atomic E-state index is 16.6. The number of piperidine rings is 2. The standard InChI is InChI=1S/C44H49ClF2N8O5/c1-43(2)41(44(3,4)42(43)60-27-7-8-31(48-5)29(45)20-27)51-38(57)26-6-10-34(49-22-26)54-14-12-25(13-15-54)23-52-16-18-53(19-17-52)33-21-30(46)36-28(37(33)47)24-55(40(36)59)32-9-11-35(56)50-39(32)58/h6-8,10,20-22,25,32,41-42H,9,11-19,23-24H2,1-4H3,(H,51,57)(H,50,56,58)/i16D2,17D2,18D2,19D2. The number of aromatic nitrogens is 1. The highest BCUT2D eigenvalue weighted by Gasteiger charge is 2.64.